The molecule has 1 aliphatic rings. The number of benzene rings is 2. The van der Waals surface area contributed by atoms with E-state index in [0.29, 0.717) is 0 Å². The molecule has 0 saturated heterocycles. The molecule has 1 amide bonds. The first kappa shape index (κ1) is 16.8. The Kier molecular flexibility index (Phi) is 5.39. The molecule has 3 rings (SSSR count). The standard InChI is InChI=1S/C21H27NO2/c1-2-3-6-15-11-13-16(14-12-15)21(24)22-19-9-4-8-18-17(19)7-5-10-20(18)23/h4-5,7-10,15-16,23H,2-3,6,11-14H2,1H3,(H,22,24). The van der Waals surface area contributed by atoms with Crippen LogP contribution < -0.4 is 5.32 Å². The van der Waals surface area contributed by atoms with Gasteiger partial charge in [-0.3, -0.25) is 4.79 Å². The first-order valence-electron chi connectivity index (χ1n) is 9.20. The molecule has 0 heterocycles. The van der Waals surface area contributed by atoms with Crippen LogP contribution in [0.5, 0.6) is 5.75 Å². The third kappa shape index (κ3) is 3.72. The number of nitrogens with one attached hydrogen (secondary N) is 1. The number of carbonyl (C=O) groups is 1. The van der Waals surface area contributed by atoms with E-state index < -0.39 is 0 Å². The SMILES string of the molecule is CCCCC1CCC(C(=O)Nc2cccc3c(O)cccc23)CC1. The molecule has 2 N–H and O–H groups in total. The van der Waals surface area contributed by atoms with Gasteiger partial charge in [0.25, 0.3) is 0 Å². The van der Waals surface area contributed by atoms with Gasteiger partial charge in [0.2, 0.25) is 5.91 Å². The number of phenolic OH excluding ortho intramolecular Hbond substituents is 1. The summed E-state index contributed by atoms with van der Waals surface area (Å²) in [5.74, 6) is 1.30. The third-order valence-electron chi connectivity index (χ3n) is 5.34. The largest absolute Gasteiger partial charge is 0.507 e. The average Bonchev–Trinajstić information content (AvgIpc) is 2.61. The van der Waals surface area contributed by atoms with E-state index in [1.807, 2.05) is 30.3 Å². The monoisotopic (exact) mass is 325 g/mol. The molecule has 1 fully saturated rings. The van der Waals surface area contributed by atoms with Crippen LogP contribution in [0.3, 0.4) is 0 Å². The summed E-state index contributed by atoms with van der Waals surface area (Å²) in [6, 6.07) is 11.1. The summed E-state index contributed by atoms with van der Waals surface area (Å²) in [5.41, 5.74) is 0.793. The van der Waals surface area contributed by atoms with Gasteiger partial charge < -0.3 is 10.4 Å². The molecule has 0 aliphatic heterocycles. The van der Waals surface area contributed by atoms with E-state index in [9.17, 15) is 9.90 Å². The van der Waals surface area contributed by atoms with E-state index >= 15 is 0 Å². The molecule has 1 aliphatic carbocycles. The predicted molar refractivity (Wildman–Crippen MR) is 99.2 cm³/mol. The van der Waals surface area contributed by atoms with Gasteiger partial charge in [-0.2, -0.15) is 0 Å². The van der Waals surface area contributed by atoms with Gasteiger partial charge in [0.15, 0.2) is 0 Å². The Balaban J connectivity index is 1.65. The fourth-order valence-corrected chi connectivity index (χ4v) is 3.84. The molecule has 0 atom stereocenters. The van der Waals surface area contributed by atoms with Gasteiger partial charge in [-0.25, -0.2) is 0 Å². The normalized spacial score (nSPS) is 20.9. The van der Waals surface area contributed by atoms with Crippen LogP contribution in [-0.2, 0) is 4.79 Å². The zero-order chi connectivity index (χ0) is 16.9. The summed E-state index contributed by atoms with van der Waals surface area (Å²) in [6.07, 6.45) is 8.22. The highest BCUT2D eigenvalue weighted by molar-refractivity contribution is 6.04. The van der Waals surface area contributed by atoms with Gasteiger partial charge in [0.1, 0.15) is 5.75 Å². The van der Waals surface area contributed by atoms with Crippen LogP contribution in [0.1, 0.15) is 51.9 Å². The van der Waals surface area contributed by atoms with E-state index in [1.165, 1.54) is 32.1 Å². The number of phenols is 1. The summed E-state index contributed by atoms with van der Waals surface area (Å²) in [6.45, 7) is 2.24. The number of carbonyl (C=O) groups excluding carboxylic acids is 1. The van der Waals surface area contributed by atoms with Crippen LogP contribution in [0, 0.1) is 11.8 Å². The van der Waals surface area contributed by atoms with E-state index in [4.69, 9.17) is 0 Å². The number of aromatic hydroxyl groups is 1. The molecule has 24 heavy (non-hydrogen) atoms. The highest BCUT2D eigenvalue weighted by Crippen LogP contribution is 2.34. The van der Waals surface area contributed by atoms with Crippen molar-refractivity contribution in [2.24, 2.45) is 11.8 Å². The van der Waals surface area contributed by atoms with Crippen molar-refractivity contribution in [3.8, 4) is 5.75 Å². The van der Waals surface area contributed by atoms with Crippen LogP contribution >= 0.6 is 0 Å². The summed E-state index contributed by atoms with van der Waals surface area (Å²) >= 11 is 0. The lowest BCUT2D eigenvalue weighted by molar-refractivity contribution is -0.121. The number of hydrogen-bond acceptors (Lipinski definition) is 2. The first-order chi connectivity index (χ1) is 11.7. The van der Waals surface area contributed by atoms with Crippen molar-refractivity contribution in [2.45, 2.75) is 51.9 Å². The van der Waals surface area contributed by atoms with Crippen molar-refractivity contribution in [3.63, 3.8) is 0 Å². The summed E-state index contributed by atoms with van der Waals surface area (Å²) in [5, 5.41) is 14.7. The van der Waals surface area contributed by atoms with Crippen molar-refractivity contribution >= 4 is 22.4 Å². The number of unbranched alkanes of at least 4 members (excludes halogenated alkanes) is 1. The second kappa shape index (κ2) is 7.69. The average molecular weight is 325 g/mol. The van der Waals surface area contributed by atoms with Crippen molar-refractivity contribution in [1.82, 2.24) is 0 Å². The van der Waals surface area contributed by atoms with E-state index in [1.54, 1.807) is 6.07 Å². The van der Waals surface area contributed by atoms with E-state index in [2.05, 4.69) is 12.2 Å². The maximum atomic E-state index is 12.6. The topological polar surface area (TPSA) is 49.3 Å². The Morgan fingerprint density at radius 1 is 1.08 bits per heavy atom. The third-order valence-corrected chi connectivity index (χ3v) is 5.34. The maximum absolute atomic E-state index is 12.6. The lowest BCUT2D eigenvalue weighted by atomic mass is 9.79. The van der Waals surface area contributed by atoms with Gasteiger partial charge in [-0.15, -0.1) is 0 Å². The number of rotatable bonds is 5. The molecule has 0 unspecified atom stereocenters. The second-order valence-electron chi connectivity index (χ2n) is 7.03. The van der Waals surface area contributed by atoms with E-state index in [-0.39, 0.29) is 17.6 Å². The minimum Gasteiger partial charge on any atom is -0.507 e. The Bertz CT molecular complexity index is 702. The minimum absolute atomic E-state index is 0.121. The molecule has 3 nitrogen and oxygen atoms in total. The van der Waals surface area contributed by atoms with Crippen LogP contribution in [0.2, 0.25) is 0 Å². The molecule has 0 radical (unpaired) electrons. The molecule has 2 aromatic carbocycles. The fourth-order valence-electron chi connectivity index (χ4n) is 3.84. The molecule has 1 saturated carbocycles. The highest BCUT2D eigenvalue weighted by Gasteiger charge is 2.26. The molecule has 3 heteroatoms. The molecular formula is C21H27NO2. The Hall–Kier alpha value is -2.03. The van der Waals surface area contributed by atoms with Gasteiger partial charge in [0, 0.05) is 22.4 Å². The molecule has 0 aromatic heterocycles. The minimum atomic E-state index is 0.121. The van der Waals surface area contributed by atoms with Gasteiger partial charge in [-0.05, 0) is 43.7 Å². The highest BCUT2D eigenvalue weighted by atomic mass is 16.3. The summed E-state index contributed by atoms with van der Waals surface area (Å²) in [4.78, 5) is 12.6. The molecule has 0 spiro atoms. The number of hydrogen-bond donors (Lipinski definition) is 2. The van der Waals surface area contributed by atoms with Crippen molar-refractivity contribution in [2.75, 3.05) is 5.32 Å². The molecule has 128 valence electrons. The Morgan fingerprint density at radius 3 is 2.54 bits per heavy atom. The summed E-state index contributed by atoms with van der Waals surface area (Å²) < 4.78 is 0. The molecular weight excluding hydrogens is 298 g/mol. The smallest absolute Gasteiger partial charge is 0.227 e. The van der Waals surface area contributed by atoms with Crippen LogP contribution in [0.25, 0.3) is 10.8 Å². The Morgan fingerprint density at radius 2 is 1.79 bits per heavy atom. The van der Waals surface area contributed by atoms with Crippen LogP contribution in [0.4, 0.5) is 5.69 Å². The lowest BCUT2D eigenvalue weighted by Gasteiger charge is -2.27. The zero-order valence-electron chi connectivity index (χ0n) is 14.4. The fraction of sp³-hybridized carbons (Fsp3) is 0.476. The molecule has 0 bridgehead atoms. The van der Waals surface area contributed by atoms with Crippen LogP contribution in [-0.4, -0.2) is 11.0 Å². The maximum Gasteiger partial charge on any atom is 0.227 e. The first-order valence-corrected chi connectivity index (χ1v) is 9.20. The zero-order valence-corrected chi connectivity index (χ0v) is 14.4. The van der Waals surface area contributed by atoms with Crippen LogP contribution in [0.15, 0.2) is 36.4 Å². The number of amides is 1. The van der Waals surface area contributed by atoms with Gasteiger partial charge in [0.05, 0.1) is 0 Å². The number of anilines is 1. The number of fused-ring (bicyclic) bond motifs is 1. The predicted octanol–water partition coefficient (Wildman–Crippen LogP) is 5.48. The van der Waals surface area contributed by atoms with Crippen molar-refractivity contribution < 1.29 is 9.90 Å². The Labute approximate surface area is 144 Å². The quantitative estimate of drug-likeness (QED) is 0.764. The van der Waals surface area contributed by atoms with E-state index in [0.717, 1.165) is 35.2 Å². The van der Waals surface area contributed by atoms with Gasteiger partial charge >= 0.3 is 0 Å². The van der Waals surface area contributed by atoms with Crippen molar-refractivity contribution in [1.29, 1.82) is 0 Å². The van der Waals surface area contributed by atoms with Gasteiger partial charge in [-0.1, -0.05) is 50.5 Å². The summed E-state index contributed by atoms with van der Waals surface area (Å²) in [7, 11) is 0. The molecule has 2 aromatic rings. The van der Waals surface area contributed by atoms with Crippen molar-refractivity contribution in [3.05, 3.63) is 36.4 Å². The lowest BCUT2D eigenvalue weighted by Crippen LogP contribution is -2.27. The second-order valence-corrected chi connectivity index (χ2v) is 7.03.